The Morgan fingerprint density at radius 3 is 2.82 bits per heavy atom. The molecule has 0 saturated heterocycles. The average Bonchev–Trinajstić information content (AvgIpc) is 2.75. The molecule has 0 aliphatic rings. The number of furan rings is 1. The molecule has 0 atom stereocenters. The predicted octanol–water partition coefficient (Wildman–Crippen LogP) is 3.84. The van der Waals surface area contributed by atoms with Crippen molar-refractivity contribution in [2.45, 2.75) is 0 Å². The second-order valence-electron chi connectivity index (χ2n) is 3.73. The van der Waals surface area contributed by atoms with Crippen LogP contribution < -0.4 is 5.73 Å². The quantitative estimate of drug-likeness (QED) is 0.740. The van der Waals surface area contributed by atoms with Gasteiger partial charge in [0.1, 0.15) is 17.2 Å². The average molecular weight is 289 g/mol. The number of benzene rings is 1. The zero-order chi connectivity index (χ0) is 11.8. The van der Waals surface area contributed by atoms with Gasteiger partial charge in [-0.2, -0.15) is 0 Å². The lowest BCUT2D eigenvalue weighted by Crippen LogP contribution is -1.92. The van der Waals surface area contributed by atoms with E-state index in [0.29, 0.717) is 5.82 Å². The SMILES string of the molecule is Nc1ncc(Br)cc1-c1cc2ccccc2o1. The third kappa shape index (κ3) is 1.80. The molecule has 0 spiro atoms. The summed E-state index contributed by atoms with van der Waals surface area (Å²) in [6, 6.07) is 11.7. The largest absolute Gasteiger partial charge is 0.456 e. The number of nitrogen functional groups attached to an aromatic ring is 1. The van der Waals surface area contributed by atoms with Crippen molar-refractivity contribution < 1.29 is 4.42 Å². The van der Waals surface area contributed by atoms with Crippen molar-refractivity contribution in [2.24, 2.45) is 0 Å². The molecule has 84 valence electrons. The summed E-state index contributed by atoms with van der Waals surface area (Å²) in [7, 11) is 0. The fraction of sp³-hybridized carbons (Fsp3) is 0. The van der Waals surface area contributed by atoms with E-state index in [1.165, 1.54) is 0 Å². The Kier molecular flexibility index (Phi) is 2.37. The van der Waals surface area contributed by atoms with Gasteiger partial charge in [0.15, 0.2) is 0 Å². The molecule has 0 aliphatic carbocycles. The Morgan fingerprint density at radius 2 is 2.00 bits per heavy atom. The number of nitrogens with two attached hydrogens (primary N) is 1. The summed E-state index contributed by atoms with van der Waals surface area (Å²) in [5.41, 5.74) is 7.50. The number of anilines is 1. The van der Waals surface area contributed by atoms with E-state index in [4.69, 9.17) is 10.2 Å². The molecular formula is C13H9BrN2O. The summed E-state index contributed by atoms with van der Waals surface area (Å²) in [4.78, 5) is 4.10. The maximum atomic E-state index is 5.85. The van der Waals surface area contributed by atoms with Gasteiger partial charge >= 0.3 is 0 Å². The molecule has 0 saturated carbocycles. The van der Waals surface area contributed by atoms with Crippen LogP contribution in [0, 0.1) is 0 Å². The number of halogens is 1. The molecular weight excluding hydrogens is 280 g/mol. The van der Waals surface area contributed by atoms with Gasteiger partial charge in [0, 0.05) is 16.1 Å². The number of hydrogen-bond acceptors (Lipinski definition) is 3. The standard InChI is InChI=1S/C13H9BrN2O/c14-9-6-10(13(15)16-7-9)12-5-8-3-1-2-4-11(8)17-12/h1-7H,(H2,15,16). The van der Waals surface area contributed by atoms with Crippen molar-refractivity contribution in [3.63, 3.8) is 0 Å². The molecule has 0 amide bonds. The minimum atomic E-state index is 0.465. The van der Waals surface area contributed by atoms with Crippen molar-refractivity contribution in [2.75, 3.05) is 5.73 Å². The van der Waals surface area contributed by atoms with Crippen LogP contribution in [0.4, 0.5) is 5.82 Å². The molecule has 2 heterocycles. The van der Waals surface area contributed by atoms with Crippen LogP contribution in [0.15, 0.2) is 51.5 Å². The highest BCUT2D eigenvalue weighted by atomic mass is 79.9. The van der Waals surface area contributed by atoms with Crippen LogP contribution in [0.1, 0.15) is 0 Å². The van der Waals surface area contributed by atoms with E-state index in [9.17, 15) is 0 Å². The van der Waals surface area contributed by atoms with Gasteiger partial charge < -0.3 is 10.2 Å². The van der Waals surface area contributed by atoms with Gasteiger partial charge in [0.2, 0.25) is 0 Å². The first kappa shape index (κ1) is 10.4. The van der Waals surface area contributed by atoms with Crippen molar-refractivity contribution in [1.29, 1.82) is 0 Å². The van der Waals surface area contributed by atoms with E-state index < -0.39 is 0 Å². The van der Waals surface area contributed by atoms with E-state index in [0.717, 1.165) is 26.8 Å². The van der Waals surface area contributed by atoms with Gasteiger partial charge in [0.05, 0.1) is 5.56 Å². The maximum absolute atomic E-state index is 5.85. The predicted molar refractivity (Wildman–Crippen MR) is 71.6 cm³/mol. The third-order valence-corrected chi connectivity index (χ3v) is 3.01. The lowest BCUT2D eigenvalue weighted by atomic mass is 10.2. The molecule has 3 aromatic rings. The second kappa shape index (κ2) is 3.89. The Labute approximate surface area is 106 Å². The van der Waals surface area contributed by atoms with E-state index in [-0.39, 0.29) is 0 Å². The number of nitrogens with zero attached hydrogens (tertiary/aromatic N) is 1. The summed E-state index contributed by atoms with van der Waals surface area (Å²) < 4.78 is 6.63. The van der Waals surface area contributed by atoms with Gasteiger partial charge in [-0.1, -0.05) is 18.2 Å². The normalized spacial score (nSPS) is 10.9. The number of aromatic nitrogens is 1. The van der Waals surface area contributed by atoms with Gasteiger partial charge in [0.25, 0.3) is 0 Å². The first-order chi connectivity index (χ1) is 8.24. The Morgan fingerprint density at radius 1 is 1.18 bits per heavy atom. The fourth-order valence-corrected chi connectivity index (χ4v) is 2.09. The van der Waals surface area contributed by atoms with E-state index in [1.807, 2.05) is 36.4 Å². The molecule has 3 nitrogen and oxygen atoms in total. The Bertz CT molecular complexity index is 658. The smallest absolute Gasteiger partial charge is 0.139 e. The molecule has 3 rings (SSSR count). The van der Waals surface area contributed by atoms with Crippen molar-refractivity contribution >= 4 is 32.7 Å². The lowest BCUT2D eigenvalue weighted by molar-refractivity contribution is 0.631. The topological polar surface area (TPSA) is 52.0 Å². The molecule has 0 fully saturated rings. The van der Waals surface area contributed by atoms with Gasteiger partial charge in [-0.25, -0.2) is 4.98 Å². The zero-order valence-electron chi connectivity index (χ0n) is 8.85. The highest BCUT2D eigenvalue weighted by Gasteiger charge is 2.10. The van der Waals surface area contributed by atoms with Crippen molar-refractivity contribution in [1.82, 2.24) is 4.98 Å². The first-order valence-electron chi connectivity index (χ1n) is 5.14. The molecule has 0 radical (unpaired) electrons. The van der Waals surface area contributed by atoms with Crippen LogP contribution in [0.3, 0.4) is 0 Å². The third-order valence-electron chi connectivity index (χ3n) is 2.58. The summed E-state index contributed by atoms with van der Waals surface area (Å²) in [5, 5.41) is 1.06. The highest BCUT2D eigenvalue weighted by molar-refractivity contribution is 9.10. The van der Waals surface area contributed by atoms with Crippen LogP contribution in [-0.4, -0.2) is 4.98 Å². The minimum absolute atomic E-state index is 0.465. The molecule has 0 unspecified atom stereocenters. The number of para-hydroxylation sites is 1. The van der Waals surface area contributed by atoms with Gasteiger partial charge in [-0.05, 0) is 34.1 Å². The van der Waals surface area contributed by atoms with Crippen LogP contribution in [0.5, 0.6) is 0 Å². The number of hydrogen-bond donors (Lipinski definition) is 1. The summed E-state index contributed by atoms with van der Waals surface area (Å²) in [5.74, 6) is 1.20. The van der Waals surface area contributed by atoms with Gasteiger partial charge in [-0.15, -0.1) is 0 Å². The van der Waals surface area contributed by atoms with Crippen molar-refractivity contribution in [3.05, 3.63) is 47.1 Å². The summed E-state index contributed by atoms with van der Waals surface area (Å²) in [6.07, 6.45) is 1.67. The molecule has 0 bridgehead atoms. The van der Waals surface area contributed by atoms with E-state index in [2.05, 4.69) is 20.9 Å². The van der Waals surface area contributed by atoms with E-state index >= 15 is 0 Å². The maximum Gasteiger partial charge on any atom is 0.139 e. The van der Waals surface area contributed by atoms with E-state index in [1.54, 1.807) is 6.20 Å². The highest BCUT2D eigenvalue weighted by Crippen LogP contribution is 2.31. The molecule has 17 heavy (non-hydrogen) atoms. The molecule has 1 aromatic carbocycles. The van der Waals surface area contributed by atoms with Crippen LogP contribution in [0.2, 0.25) is 0 Å². The summed E-state index contributed by atoms with van der Waals surface area (Å²) in [6.45, 7) is 0. The van der Waals surface area contributed by atoms with Crippen LogP contribution in [-0.2, 0) is 0 Å². The van der Waals surface area contributed by atoms with Crippen LogP contribution in [0.25, 0.3) is 22.3 Å². The molecule has 2 aromatic heterocycles. The number of rotatable bonds is 1. The van der Waals surface area contributed by atoms with Crippen molar-refractivity contribution in [3.8, 4) is 11.3 Å². The number of pyridine rings is 1. The first-order valence-corrected chi connectivity index (χ1v) is 5.93. The number of fused-ring (bicyclic) bond motifs is 1. The Hall–Kier alpha value is -1.81. The lowest BCUT2D eigenvalue weighted by Gasteiger charge is -2.01. The molecule has 2 N–H and O–H groups in total. The Balaban J connectivity index is 2.23. The van der Waals surface area contributed by atoms with Gasteiger partial charge in [-0.3, -0.25) is 0 Å². The molecule has 0 aliphatic heterocycles. The zero-order valence-corrected chi connectivity index (χ0v) is 10.4. The molecule has 4 heteroatoms. The summed E-state index contributed by atoms with van der Waals surface area (Å²) >= 11 is 3.38. The van der Waals surface area contributed by atoms with Crippen LogP contribution >= 0.6 is 15.9 Å². The minimum Gasteiger partial charge on any atom is -0.456 e. The monoisotopic (exact) mass is 288 g/mol. The fourth-order valence-electron chi connectivity index (χ4n) is 1.76. The second-order valence-corrected chi connectivity index (χ2v) is 4.65.